The molecule has 3 nitrogen and oxygen atoms in total. The fraction of sp³-hybridized carbons (Fsp3) is 0.176. The second-order valence-electron chi connectivity index (χ2n) is 4.71. The van der Waals surface area contributed by atoms with Crippen LogP contribution in [0.5, 0.6) is 0 Å². The van der Waals surface area contributed by atoms with E-state index >= 15 is 0 Å². The van der Waals surface area contributed by atoms with E-state index in [0.717, 1.165) is 11.3 Å². The zero-order valence-corrected chi connectivity index (χ0v) is 11.4. The molecule has 0 saturated carbocycles. The van der Waals surface area contributed by atoms with E-state index in [1.54, 1.807) is 6.07 Å². The van der Waals surface area contributed by atoms with Crippen LogP contribution >= 0.6 is 0 Å². The predicted molar refractivity (Wildman–Crippen MR) is 79.8 cm³/mol. The number of aryl methyl sites for hydroxylation is 1. The standard InChI is InChI=1S/C17H17NO2/c1-13-6-5-7-14(12-13)16(19)10-11-17(20)18-15-8-3-2-4-9-15/h2-9,12H,10-11H2,1H3,(H,18,20). The molecule has 0 heterocycles. The summed E-state index contributed by atoms with van der Waals surface area (Å²) in [6, 6.07) is 16.7. The maximum absolute atomic E-state index is 12.0. The topological polar surface area (TPSA) is 46.2 Å². The van der Waals surface area contributed by atoms with Crippen molar-refractivity contribution in [1.82, 2.24) is 0 Å². The summed E-state index contributed by atoms with van der Waals surface area (Å²) in [5, 5.41) is 2.77. The van der Waals surface area contributed by atoms with Gasteiger partial charge in [0.2, 0.25) is 5.91 Å². The van der Waals surface area contributed by atoms with Crippen LogP contribution in [-0.4, -0.2) is 11.7 Å². The Bertz CT molecular complexity index is 605. The summed E-state index contributed by atoms with van der Waals surface area (Å²) in [7, 11) is 0. The van der Waals surface area contributed by atoms with Gasteiger partial charge in [-0.05, 0) is 25.1 Å². The summed E-state index contributed by atoms with van der Waals surface area (Å²) in [6.45, 7) is 1.94. The van der Waals surface area contributed by atoms with Crippen molar-refractivity contribution in [3.05, 3.63) is 65.7 Å². The van der Waals surface area contributed by atoms with Crippen molar-refractivity contribution in [1.29, 1.82) is 0 Å². The molecule has 2 aromatic carbocycles. The van der Waals surface area contributed by atoms with Gasteiger partial charge >= 0.3 is 0 Å². The van der Waals surface area contributed by atoms with Crippen molar-refractivity contribution < 1.29 is 9.59 Å². The molecule has 2 rings (SSSR count). The molecule has 0 radical (unpaired) electrons. The highest BCUT2D eigenvalue weighted by atomic mass is 16.2. The van der Waals surface area contributed by atoms with Crippen LogP contribution in [0.1, 0.15) is 28.8 Å². The number of Topliss-reactive ketones (excluding diaryl/α,β-unsaturated/α-hetero) is 1. The minimum Gasteiger partial charge on any atom is -0.326 e. The summed E-state index contributed by atoms with van der Waals surface area (Å²) >= 11 is 0. The van der Waals surface area contributed by atoms with Crippen LogP contribution in [0.15, 0.2) is 54.6 Å². The van der Waals surface area contributed by atoms with Crippen LogP contribution in [0.3, 0.4) is 0 Å². The third-order valence-electron chi connectivity index (χ3n) is 2.98. The Labute approximate surface area is 118 Å². The van der Waals surface area contributed by atoms with E-state index in [1.807, 2.05) is 55.5 Å². The highest BCUT2D eigenvalue weighted by molar-refractivity contribution is 6.00. The molecular formula is C17H17NO2. The van der Waals surface area contributed by atoms with Gasteiger partial charge in [0.05, 0.1) is 0 Å². The lowest BCUT2D eigenvalue weighted by Gasteiger charge is -2.05. The molecule has 0 saturated heterocycles. The van der Waals surface area contributed by atoms with Crippen LogP contribution in [0.4, 0.5) is 5.69 Å². The van der Waals surface area contributed by atoms with Crippen LogP contribution in [0.25, 0.3) is 0 Å². The normalized spacial score (nSPS) is 10.1. The largest absolute Gasteiger partial charge is 0.326 e. The lowest BCUT2D eigenvalue weighted by Crippen LogP contribution is -2.13. The number of benzene rings is 2. The fourth-order valence-electron chi connectivity index (χ4n) is 1.93. The minimum absolute atomic E-state index is 0.00286. The molecule has 20 heavy (non-hydrogen) atoms. The zero-order valence-electron chi connectivity index (χ0n) is 11.4. The molecule has 0 spiro atoms. The van der Waals surface area contributed by atoms with Crippen LogP contribution in [0, 0.1) is 6.92 Å². The molecule has 0 aliphatic carbocycles. The molecule has 0 fully saturated rings. The smallest absolute Gasteiger partial charge is 0.224 e. The maximum atomic E-state index is 12.0. The summed E-state index contributed by atoms with van der Waals surface area (Å²) in [6.07, 6.45) is 0.420. The van der Waals surface area contributed by atoms with Crippen molar-refractivity contribution in [2.24, 2.45) is 0 Å². The van der Waals surface area contributed by atoms with Crippen molar-refractivity contribution in [3.63, 3.8) is 0 Å². The quantitative estimate of drug-likeness (QED) is 0.841. The third-order valence-corrected chi connectivity index (χ3v) is 2.98. The number of hydrogen-bond acceptors (Lipinski definition) is 2. The van der Waals surface area contributed by atoms with Gasteiger partial charge in [0.1, 0.15) is 0 Å². The van der Waals surface area contributed by atoms with Crippen LogP contribution in [0.2, 0.25) is 0 Å². The Morgan fingerprint density at radius 2 is 1.70 bits per heavy atom. The molecular weight excluding hydrogens is 250 g/mol. The van der Waals surface area contributed by atoms with Gasteiger partial charge in [0.15, 0.2) is 5.78 Å². The average Bonchev–Trinajstić information content (AvgIpc) is 2.46. The Morgan fingerprint density at radius 3 is 2.40 bits per heavy atom. The van der Waals surface area contributed by atoms with Crippen molar-refractivity contribution in [2.45, 2.75) is 19.8 Å². The maximum Gasteiger partial charge on any atom is 0.224 e. The predicted octanol–water partition coefficient (Wildman–Crippen LogP) is 3.60. The van der Waals surface area contributed by atoms with E-state index in [2.05, 4.69) is 5.32 Å². The zero-order chi connectivity index (χ0) is 14.4. The average molecular weight is 267 g/mol. The molecule has 2 aromatic rings. The highest BCUT2D eigenvalue weighted by Gasteiger charge is 2.09. The fourth-order valence-corrected chi connectivity index (χ4v) is 1.93. The highest BCUT2D eigenvalue weighted by Crippen LogP contribution is 2.10. The SMILES string of the molecule is Cc1cccc(C(=O)CCC(=O)Nc2ccccc2)c1. The first-order chi connectivity index (χ1) is 9.65. The molecule has 0 aliphatic heterocycles. The molecule has 0 unspecified atom stereocenters. The number of para-hydroxylation sites is 1. The Kier molecular flexibility index (Phi) is 4.66. The molecule has 1 amide bonds. The Morgan fingerprint density at radius 1 is 0.950 bits per heavy atom. The van der Waals surface area contributed by atoms with Gasteiger partial charge < -0.3 is 5.32 Å². The molecule has 0 aliphatic rings. The Hall–Kier alpha value is -2.42. The molecule has 0 bridgehead atoms. The van der Waals surface area contributed by atoms with E-state index < -0.39 is 0 Å². The van der Waals surface area contributed by atoms with Gasteiger partial charge in [0, 0.05) is 24.1 Å². The van der Waals surface area contributed by atoms with E-state index in [-0.39, 0.29) is 24.5 Å². The summed E-state index contributed by atoms with van der Waals surface area (Å²) in [5.41, 5.74) is 2.46. The first-order valence-electron chi connectivity index (χ1n) is 6.60. The Balaban J connectivity index is 1.86. The van der Waals surface area contributed by atoms with Crippen molar-refractivity contribution in [2.75, 3.05) is 5.32 Å². The third kappa shape index (κ3) is 4.05. The molecule has 0 aromatic heterocycles. The van der Waals surface area contributed by atoms with Crippen molar-refractivity contribution >= 4 is 17.4 Å². The number of anilines is 1. The number of amides is 1. The number of carbonyl (C=O) groups is 2. The van der Waals surface area contributed by atoms with Gasteiger partial charge in [-0.3, -0.25) is 9.59 Å². The van der Waals surface area contributed by atoms with E-state index in [4.69, 9.17) is 0 Å². The lowest BCUT2D eigenvalue weighted by atomic mass is 10.0. The van der Waals surface area contributed by atoms with Crippen LogP contribution < -0.4 is 5.32 Å². The summed E-state index contributed by atoms with van der Waals surface area (Å²) < 4.78 is 0. The number of carbonyl (C=O) groups excluding carboxylic acids is 2. The van der Waals surface area contributed by atoms with E-state index in [0.29, 0.717) is 5.56 Å². The van der Waals surface area contributed by atoms with Gasteiger partial charge in [-0.2, -0.15) is 0 Å². The number of rotatable bonds is 5. The molecule has 3 heteroatoms. The number of nitrogens with one attached hydrogen (secondary N) is 1. The monoisotopic (exact) mass is 267 g/mol. The summed E-state index contributed by atoms with van der Waals surface area (Å²) in [5.74, 6) is -0.144. The number of hydrogen-bond donors (Lipinski definition) is 1. The lowest BCUT2D eigenvalue weighted by molar-refractivity contribution is -0.116. The van der Waals surface area contributed by atoms with E-state index in [1.165, 1.54) is 0 Å². The van der Waals surface area contributed by atoms with Gasteiger partial charge in [-0.15, -0.1) is 0 Å². The second-order valence-corrected chi connectivity index (χ2v) is 4.71. The van der Waals surface area contributed by atoms with Gasteiger partial charge in [-0.25, -0.2) is 0 Å². The van der Waals surface area contributed by atoms with Crippen molar-refractivity contribution in [3.8, 4) is 0 Å². The first kappa shape index (κ1) is 14.0. The molecule has 1 N–H and O–H groups in total. The second kappa shape index (κ2) is 6.66. The molecule has 102 valence electrons. The first-order valence-corrected chi connectivity index (χ1v) is 6.60. The minimum atomic E-state index is -0.141. The van der Waals surface area contributed by atoms with Gasteiger partial charge in [0.25, 0.3) is 0 Å². The molecule has 0 atom stereocenters. The van der Waals surface area contributed by atoms with Gasteiger partial charge in [-0.1, -0.05) is 42.0 Å². The van der Waals surface area contributed by atoms with E-state index in [9.17, 15) is 9.59 Å². The van der Waals surface area contributed by atoms with Crippen LogP contribution in [-0.2, 0) is 4.79 Å². The summed E-state index contributed by atoms with van der Waals surface area (Å²) in [4.78, 5) is 23.7. The number of ketones is 1.